The van der Waals surface area contributed by atoms with Crippen molar-refractivity contribution in [3.05, 3.63) is 0 Å². The number of rotatable bonds is 2. The second kappa shape index (κ2) is 4.71. The Bertz CT molecular complexity index is 360. The molecule has 0 radical (unpaired) electrons. The van der Waals surface area contributed by atoms with E-state index in [0.717, 1.165) is 25.7 Å². The third-order valence-electron chi connectivity index (χ3n) is 3.35. The Morgan fingerprint density at radius 1 is 1.19 bits per heavy atom. The molecule has 92 valence electrons. The van der Waals surface area contributed by atoms with E-state index in [1.54, 1.807) is 0 Å². The van der Waals surface area contributed by atoms with Gasteiger partial charge in [-0.25, -0.2) is 8.42 Å². The van der Waals surface area contributed by atoms with Crippen LogP contribution in [-0.2, 0) is 14.8 Å². The van der Waals surface area contributed by atoms with Crippen molar-refractivity contribution >= 4 is 15.9 Å². The fraction of sp³-hybridized carbons (Fsp3) is 0.900. The third kappa shape index (κ3) is 2.38. The van der Waals surface area contributed by atoms with Crippen LogP contribution in [0, 0.1) is 0 Å². The average Bonchev–Trinajstić information content (AvgIpc) is 2.68. The Kier molecular flexibility index (Phi) is 3.49. The van der Waals surface area contributed by atoms with Crippen molar-refractivity contribution in [3.63, 3.8) is 0 Å². The molecule has 1 saturated carbocycles. The molecule has 1 aliphatic carbocycles. The molecule has 1 saturated heterocycles. The standard InChI is InChI=1S/C10H18N2O3S/c13-10-5-7-12(8-6-11-10)16(14,15)9-3-1-2-4-9/h9H,1-8H2,(H,11,13). The molecule has 2 fully saturated rings. The lowest BCUT2D eigenvalue weighted by atomic mass is 10.4. The van der Waals surface area contributed by atoms with Gasteiger partial charge in [-0.15, -0.1) is 0 Å². The molecule has 1 aliphatic heterocycles. The second-order valence-electron chi connectivity index (χ2n) is 4.45. The summed E-state index contributed by atoms with van der Waals surface area (Å²) in [6.45, 7) is 1.19. The van der Waals surface area contributed by atoms with Crippen molar-refractivity contribution < 1.29 is 13.2 Å². The molecule has 0 unspecified atom stereocenters. The van der Waals surface area contributed by atoms with Crippen LogP contribution in [0.15, 0.2) is 0 Å². The Hall–Kier alpha value is -0.620. The van der Waals surface area contributed by atoms with Crippen LogP contribution in [0.3, 0.4) is 0 Å². The normalized spacial score (nSPS) is 25.4. The van der Waals surface area contributed by atoms with E-state index < -0.39 is 10.0 Å². The fourth-order valence-corrected chi connectivity index (χ4v) is 4.44. The van der Waals surface area contributed by atoms with Gasteiger partial charge in [-0.2, -0.15) is 4.31 Å². The number of carbonyl (C=O) groups excluding carboxylic acids is 1. The lowest BCUT2D eigenvalue weighted by Gasteiger charge is -2.23. The first-order chi connectivity index (χ1) is 7.60. The van der Waals surface area contributed by atoms with Crippen LogP contribution in [0.2, 0.25) is 0 Å². The van der Waals surface area contributed by atoms with Gasteiger partial charge in [0.25, 0.3) is 0 Å². The van der Waals surface area contributed by atoms with Crippen molar-refractivity contribution in [2.45, 2.75) is 37.4 Å². The molecule has 1 amide bonds. The Labute approximate surface area is 96.2 Å². The van der Waals surface area contributed by atoms with E-state index in [9.17, 15) is 13.2 Å². The largest absolute Gasteiger partial charge is 0.355 e. The summed E-state index contributed by atoms with van der Waals surface area (Å²) in [5.41, 5.74) is 0. The van der Waals surface area contributed by atoms with Gasteiger partial charge in [0.1, 0.15) is 0 Å². The first-order valence-corrected chi connectivity index (χ1v) is 7.37. The zero-order valence-corrected chi connectivity index (χ0v) is 10.1. The van der Waals surface area contributed by atoms with Gasteiger partial charge in [-0.05, 0) is 12.8 Å². The molecule has 5 nitrogen and oxygen atoms in total. The zero-order chi connectivity index (χ0) is 11.6. The van der Waals surface area contributed by atoms with E-state index in [2.05, 4.69) is 5.32 Å². The Balaban J connectivity index is 2.07. The topological polar surface area (TPSA) is 66.5 Å². The number of sulfonamides is 1. The summed E-state index contributed by atoms with van der Waals surface area (Å²) in [5, 5.41) is 2.48. The molecule has 1 N–H and O–H groups in total. The van der Waals surface area contributed by atoms with Crippen molar-refractivity contribution in [1.82, 2.24) is 9.62 Å². The summed E-state index contributed by atoms with van der Waals surface area (Å²) in [7, 11) is -3.17. The van der Waals surface area contributed by atoms with Crippen LogP contribution < -0.4 is 5.32 Å². The van der Waals surface area contributed by atoms with Gasteiger partial charge in [0.2, 0.25) is 15.9 Å². The highest BCUT2D eigenvalue weighted by Gasteiger charge is 2.34. The molecule has 0 aromatic heterocycles. The SMILES string of the molecule is O=C1CCN(S(=O)(=O)C2CCCC2)CCN1. The van der Waals surface area contributed by atoms with Crippen LogP contribution in [0.5, 0.6) is 0 Å². The molecule has 2 aliphatic rings. The lowest BCUT2D eigenvalue weighted by molar-refractivity contribution is -0.120. The summed E-state index contributed by atoms with van der Waals surface area (Å²) in [6.07, 6.45) is 3.86. The summed E-state index contributed by atoms with van der Waals surface area (Å²) in [6, 6.07) is 0. The minimum atomic E-state index is -3.17. The molecular formula is C10H18N2O3S. The Morgan fingerprint density at radius 3 is 2.56 bits per heavy atom. The van der Waals surface area contributed by atoms with E-state index in [0.29, 0.717) is 19.6 Å². The summed E-state index contributed by atoms with van der Waals surface area (Å²) >= 11 is 0. The van der Waals surface area contributed by atoms with Gasteiger partial charge in [0, 0.05) is 26.1 Å². The molecule has 6 heteroatoms. The minimum Gasteiger partial charge on any atom is -0.355 e. The van der Waals surface area contributed by atoms with Crippen molar-refractivity contribution in [2.75, 3.05) is 19.6 Å². The minimum absolute atomic E-state index is 0.0517. The maximum atomic E-state index is 12.2. The number of amides is 1. The third-order valence-corrected chi connectivity index (χ3v) is 5.75. The summed E-state index contributed by atoms with van der Waals surface area (Å²) in [4.78, 5) is 11.1. The second-order valence-corrected chi connectivity index (χ2v) is 6.66. The highest BCUT2D eigenvalue weighted by atomic mass is 32.2. The number of nitrogens with zero attached hydrogens (tertiary/aromatic N) is 1. The predicted molar refractivity (Wildman–Crippen MR) is 60.4 cm³/mol. The van der Waals surface area contributed by atoms with E-state index in [-0.39, 0.29) is 17.6 Å². The average molecular weight is 246 g/mol. The first-order valence-electron chi connectivity index (χ1n) is 5.86. The van der Waals surface area contributed by atoms with Crippen molar-refractivity contribution in [2.24, 2.45) is 0 Å². The molecule has 0 bridgehead atoms. The van der Waals surface area contributed by atoms with Crippen LogP contribution in [0.4, 0.5) is 0 Å². The van der Waals surface area contributed by atoms with Crippen LogP contribution in [0.25, 0.3) is 0 Å². The van der Waals surface area contributed by atoms with Gasteiger partial charge in [-0.3, -0.25) is 4.79 Å². The van der Waals surface area contributed by atoms with E-state index in [1.165, 1.54) is 4.31 Å². The molecule has 0 aromatic rings. The maximum Gasteiger partial charge on any atom is 0.221 e. The molecule has 0 aromatic carbocycles. The highest BCUT2D eigenvalue weighted by molar-refractivity contribution is 7.89. The predicted octanol–water partition coefficient (Wildman–Crippen LogP) is 0.0807. The highest BCUT2D eigenvalue weighted by Crippen LogP contribution is 2.27. The number of nitrogens with one attached hydrogen (secondary N) is 1. The summed E-state index contributed by atoms with van der Waals surface area (Å²) < 4.78 is 26.0. The van der Waals surface area contributed by atoms with Crippen molar-refractivity contribution in [1.29, 1.82) is 0 Å². The van der Waals surface area contributed by atoms with Crippen LogP contribution in [0.1, 0.15) is 32.1 Å². The van der Waals surface area contributed by atoms with Crippen molar-refractivity contribution in [3.8, 4) is 0 Å². The van der Waals surface area contributed by atoms with E-state index >= 15 is 0 Å². The van der Waals surface area contributed by atoms with Gasteiger partial charge in [0.15, 0.2) is 0 Å². The summed E-state index contributed by atoms with van der Waals surface area (Å²) in [5.74, 6) is -0.0517. The lowest BCUT2D eigenvalue weighted by Crippen LogP contribution is -2.39. The number of hydrogen-bond donors (Lipinski definition) is 1. The smallest absolute Gasteiger partial charge is 0.221 e. The zero-order valence-electron chi connectivity index (χ0n) is 9.31. The number of hydrogen-bond acceptors (Lipinski definition) is 3. The van der Waals surface area contributed by atoms with E-state index in [4.69, 9.17) is 0 Å². The molecule has 0 atom stereocenters. The van der Waals surface area contributed by atoms with Crippen LogP contribution in [-0.4, -0.2) is 43.5 Å². The molecule has 1 heterocycles. The first kappa shape index (κ1) is 11.9. The monoisotopic (exact) mass is 246 g/mol. The van der Waals surface area contributed by atoms with Gasteiger partial charge >= 0.3 is 0 Å². The van der Waals surface area contributed by atoms with Gasteiger partial charge in [-0.1, -0.05) is 12.8 Å². The van der Waals surface area contributed by atoms with E-state index in [1.807, 2.05) is 0 Å². The van der Waals surface area contributed by atoms with Gasteiger partial charge in [0.05, 0.1) is 5.25 Å². The number of carbonyl (C=O) groups is 1. The Morgan fingerprint density at radius 2 is 1.88 bits per heavy atom. The quantitative estimate of drug-likeness (QED) is 0.750. The molecular weight excluding hydrogens is 228 g/mol. The molecule has 0 spiro atoms. The maximum absolute atomic E-state index is 12.2. The van der Waals surface area contributed by atoms with Crippen LogP contribution >= 0.6 is 0 Å². The fourth-order valence-electron chi connectivity index (χ4n) is 2.40. The molecule has 2 rings (SSSR count). The molecule has 16 heavy (non-hydrogen) atoms. The van der Waals surface area contributed by atoms with Gasteiger partial charge < -0.3 is 5.32 Å².